The first-order chi connectivity index (χ1) is 19.7. The lowest BCUT2D eigenvalue weighted by Gasteiger charge is -2.24. The van der Waals surface area contributed by atoms with Crippen molar-refractivity contribution >= 4 is 22.8 Å². The standard InChI is InChI=1S/C33H35F3N2O4/c1-7-41-31(40)32(4,5)42-26-14-11-22(12-15-26)17-28-21(3)38(6)29-19-24(13-16-27(28)29)30(39)37-20(2)23-9-8-10-25(18-23)33(34,35)36/h8-16,18-20H,7,17H2,1-6H3,(H,37,39)/t20-/m0/s1. The van der Waals surface area contributed by atoms with E-state index in [4.69, 9.17) is 9.47 Å². The molecule has 42 heavy (non-hydrogen) atoms. The first-order valence-corrected chi connectivity index (χ1v) is 13.7. The van der Waals surface area contributed by atoms with Gasteiger partial charge in [0, 0.05) is 29.2 Å². The van der Waals surface area contributed by atoms with Gasteiger partial charge in [-0.15, -0.1) is 0 Å². The summed E-state index contributed by atoms with van der Waals surface area (Å²) in [7, 11) is 1.93. The van der Waals surface area contributed by atoms with Crippen LogP contribution in [0.25, 0.3) is 10.9 Å². The van der Waals surface area contributed by atoms with E-state index < -0.39 is 29.4 Å². The third kappa shape index (κ3) is 6.61. The van der Waals surface area contributed by atoms with Gasteiger partial charge >= 0.3 is 12.1 Å². The van der Waals surface area contributed by atoms with Crippen LogP contribution in [-0.4, -0.2) is 28.7 Å². The Morgan fingerprint density at radius 1 is 1.00 bits per heavy atom. The van der Waals surface area contributed by atoms with Crippen LogP contribution in [0.5, 0.6) is 5.75 Å². The predicted octanol–water partition coefficient (Wildman–Crippen LogP) is 7.31. The second kappa shape index (κ2) is 11.9. The molecule has 0 bridgehead atoms. The van der Waals surface area contributed by atoms with Gasteiger partial charge in [-0.25, -0.2) is 4.79 Å². The number of hydrogen-bond donors (Lipinski definition) is 1. The summed E-state index contributed by atoms with van der Waals surface area (Å²) in [5.74, 6) is -0.247. The first kappa shape index (κ1) is 30.7. The molecular formula is C33H35F3N2O4. The van der Waals surface area contributed by atoms with Crippen molar-refractivity contribution in [2.75, 3.05) is 6.61 Å². The molecule has 222 valence electrons. The Morgan fingerprint density at radius 3 is 2.33 bits per heavy atom. The molecule has 1 N–H and O–H groups in total. The number of nitrogens with one attached hydrogen (secondary N) is 1. The van der Waals surface area contributed by atoms with Crippen LogP contribution >= 0.6 is 0 Å². The highest BCUT2D eigenvalue weighted by Crippen LogP contribution is 2.32. The number of hydrogen-bond acceptors (Lipinski definition) is 4. The number of carbonyl (C=O) groups excluding carboxylic acids is 2. The molecule has 0 saturated heterocycles. The van der Waals surface area contributed by atoms with Crippen LogP contribution in [0.3, 0.4) is 0 Å². The molecule has 3 aromatic carbocycles. The number of aromatic nitrogens is 1. The Hall–Kier alpha value is -4.27. The number of alkyl halides is 3. The maximum absolute atomic E-state index is 13.1. The van der Waals surface area contributed by atoms with Gasteiger partial charge in [-0.2, -0.15) is 13.2 Å². The summed E-state index contributed by atoms with van der Waals surface area (Å²) in [6, 6.07) is 17.3. The molecule has 1 aromatic heterocycles. The number of halogens is 3. The monoisotopic (exact) mass is 580 g/mol. The van der Waals surface area contributed by atoms with Crippen molar-refractivity contribution in [3.05, 3.63) is 100 Å². The number of nitrogens with zero attached hydrogens (tertiary/aromatic N) is 1. The fourth-order valence-electron chi connectivity index (χ4n) is 4.88. The molecule has 1 atom stereocenters. The Kier molecular flexibility index (Phi) is 8.71. The van der Waals surface area contributed by atoms with E-state index in [0.29, 0.717) is 23.3 Å². The summed E-state index contributed by atoms with van der Waals surface area (Å²) >= 11 is 0. The molecule has 0 saturated carbocycles. The Morgan fingerprint density at radius 2 is 1.69 bits per heavy atom. The van der Waals surface area contributed by atoms with Crippen LogP contribution in [0.1, 0.15) is 72.0 Å². The van der Waals surface area contributed by atoms with E-state index >= 15 is 0 Å². The largest absolute Gasteiger partial charge is 0.476 e. The minimum atomic E-state index is -4.45. The van der Waals surface area contributed by atoms with Crippen molar-refractivity contribution < 1.29 is 32.2 Å². The molecule has 0 aliphatic rings. The molecule has 9 heteroatoms. The summed E-state index contributed by atoms with van der Waals surface area (Å²) in [6.45, 7) is 9.03. The van der Waals surface area contributed by atoms with E-state index in [2.05, 4.69) is 5.32 Å². The Labute approximate surface area is 243 Å². The molecule has 1 heterocycles. The van der Waals surface area contributed by atoms with Crippen molar-refractivity contribution in [1.82, 2.24) is 9.88 Å². The summed E-state index contributed by atoms with van der Waals surface area (Å²) in [6.07, 6.45) is -3.81. The smallest absolute Gasteiger partial charge is 0.416 e. The van der Waals surface area contributed by atoms with Crippen molar-refractivity contribution in [2.24, 2.45) is 7.05 Å². The van der Waals surface area contributed by atoms with E-state index in [1.807, 2.05) is 48.9 Å². The van der Waals surface area contributed by atoms with Crippen LogP contribution in [0.2, 0.25) is 0 Å². The summed E-state index contributed by atoms with van der Waals surface area (Å²) in [4.78, 5) is 25.2. The summed E-state index contributed by atoms with van der Waals surface area (Å²) in [5, 5.41) is 3.82. The van der Waals surface area contributed by atoms with E-state index in [9.17, 15) is 22.8 Å². The molecule has 1 amide bonds. The minimum Gasteiger partial charge on any atom is -0.476 e. The molecule has 0 fully saturated rings. The molecule has 0 aliphatic heterocycles. The van der Waals surface area contributed by atoms with E-state index in [-0.39, 0.29) is 12.5 Å². The fraction of sp³-hybridized carbons (Fsp3) is 0.333. The number of aryl methyl sites for hydroxylation is 1. The molecule has 0 radical (unpaired) electrons. The van der Waals surface area contributed by atoms with Gasteiger partial charge in [0.15, 0.2) is 5.60 Å². The fourth-order valence-corrected chi connectivity index (χ4v) is 4.88. The molecule has 0 spiro atoms. The topological polar surface area (TPSA) is 69.6 Å². The first-order valence-electron chi connectivity index (χ1n) is 13.7. The average Bonchev–Trinajstić information content (AvgIpc) is 3.17. The van der Waals surface area contributed by atoms with Crippen LogP contribution in [0.4, 0.5) is 13.2 Å². The van der Waals surface area contributed by atoms with Crippen molar-refractivity contribution in [2.45, 2.75) is 58.9 Å². The number of amides is 1. The number of fused-ring (bicyclic) bond motifs is 1. The van der Waals surface area contributed by atoms with Crippen LogP contribution in [0.15, 0.2) is 66.7 Å². The van der Waals surface area contributed by atoms with E-state index in [0.717, 1.165) is 39.9 Å². The van der Waals surface area contributed by atoms with Gasteiger partial charge in [0.1, 0.15) is 5.75 Å². The highest BCUT2D eigenvalue weighted by atomic mass is 19.4. The minimum absolute atomic E-state index is 0.278. The Bertz CT molecular complexity index is 1600. The highest BCUT2D eigenvalue weighted by Gasteiger charge is 2.32. The van der Waals surface area contributed by atoms with Crippen molar-refractivity contribution in [3.63, 3.8) is 0 Å². The maximum Gasteiger partial charge on any atom is 0.416 e. The zero-order valence-electron chi connectivity index (χ0n) is 24.6. The van der Waals surface area contributed by atoms with Gasteiger partial charge in [-0.3, -0.25) is 4.79 Å². The molecule has 0 aliphatic carbocycles. The van der Waals surface area contributed by atoms with Gasteiger partial charge in [-0.1, -0.05) is 30.3 Å². The molecule has 0 unspecified atom stereocenters. The lowest BCUT2D eigenvalue weighted by Crippen LogP contribution is -2.39. The predicted molar refractivity (Wildman–Crippen MR) is 156 cm³/mol. The molecule has 4 rings (SSSR count). The van der Waals surface area contributed by atoms with Crippen molar-refractivity contribution in [3.8, 4) is 5.75 Å². The third-order valence-electron chi connectivity index (χ3n) is 7.39. The third-order valence-corrected chi connectivity index (χ3v) is 7.39. The summed E-state index contributed by atoms with van der Waals surface area (Å²) in [5.41, 5.74) is 2.99. The second-order valence-corrected chi connectivity index (χ2v) is 10.8. The number of rotatable bonds is 9. The van der Waals surface area contributed by atoms with Gasteiger partial charge in [0.25, 0.3) is 5.91 Å². The average molecular weight is 581 g/mol. The zero-order valence-corrected chi connectivity index (χ0v) is 24.6. The van der Waals surface area contributed by atoms with E-state index in [1.54, 1.807) is 45.9 Å². The highest BCUT2D eigenvalue weighted by molar-refractivity contribution is 5.99. The van der Waals surface area contributed by atoms with Gasteiger partial charge in [0.2, 0.25) is 0 Å². The molecular weight excluding hydrogens is 545 g/mol. The van der Waals surface area contributed by atoms with Gasteiger partial charge < -0.3 is 19.4 Å². The lowest BCUT2D eigenvalue weighted by atomic mass is 10.0. The second-order valence-electron chi connectivity index (χ2n) is 10.8. The normalized spacial score (nSPS) is 12.7. The number of carbonyl (C=O) groups is 2. The van der Waals surface area contributed by atoms with Crippen LogP contribution in [-0.2, 0) is 29.2 Å². The maximum atomic E-state index is 13.1. The number of benzene rings is 3. The van der Waals surface area contributed by atoms with E-state index in [1.165, 1.54) is 6.07 Å². The van der Waals surface area contributed by atoms with Crippen LogP contribution in [0, 0.1) is 6.92 Å². The van der Waals surface area contributed by atoms with Crippen LogP contribution < -0.4 is 10.1 Å². The van der Waals surface area contributed by atoms with Crippen molar-refractivity contribution in [1.29, 1.82) is 0 Å². The molecule has 4 aromatic rings. The number of ether oxygens (including phenoxy) is 2. The summed E-state index contributed by atoms with van der Waals surface area (Å²) < 4.78 is 52.4. The Balaban J connectivity index is 1.51. The lowest BCUT2D eigenvalue weighted by molar-refractivity contribution is -0.158. The zero-order chi connectivity index (χ0) is 30.8. The quantitative estimate of drug-likeness (QED) is 0.211. The molecule has 6 nitrogen and oxygen atoms in total. The number of esters is 1. The van der Waals surface area contributed by atoms with Gasteiger partial charge in [-0.05, 0) is 94.1 Å². The van der Waals surface area contributed by atoms with Gasteiger partial charge in [0.05, 0.1) is 18.2 Å². The SMILES string of the molecule is CCOC(=O)C(C)(C)Oc1ccc(Cc2c(C)n(C)c3cc(C(=O)N[C@@H](C)c4cccc(C(F)(F)F)c4)ccc23)cc1.